The molecular weight excluding hydrogens is 74.0 g/mol. The van der Waals surface area contributed by atoms with E-state index in [9.17, 15) is 8.78 Å². The number of rotatable bonds is 1. The summed E-state index contributed by atoms with van der Waals surface area (Å²) in [6, 6.07) is 0. The average molecular weight is 78.1 g/mol. The zero-order valence-corrected chi connectivity index (χ0v) is 2.62. The number of alkyl halides is 1. The van der Waals surface area contributed by atoms with Crippen LogP contribution in [0.3, 0.4) is 0 Å². The zero-order valence-electron chi connectivity index (χ0n) is 2.62. The van der Waals surface area contributed by atoms with Gasteiger partial charge in [0.2, 0.25) is 0 Å². The van der Waals surface area contributed by atoms with Crippen LogP contribution in [0.2, 0.25) is 0 Å². The number of halogens is 2. The van der Waals surface area contributed by atoms with Crippen molar-refractivity contribution in [3.63, 3.8) is 0 Å². The van der Waals surface area contributed by atoms with Gasteiger partial charge in [-0.25, -0.2) is 8.78 Å². The van der Waals surface area contributed by atoms with Crippen molar-refractivity contribution in [1.82, 2.24) is 0 Å². The first-order valence-corrected chi connectivity index (χ1v) is 1.18. The fraction of sp³-hybridized carbons (Fsp3) is 0.333. The van der Waals surface area contributed by atoms with Gasteiger partial charge in [0.1, 0.15) is 6.17 Å². The molecule has 0 bridgehead atoms. The van der Waals surface area contributed by atoms with Crippen LogP contribution in [0.4, 0.5) is 8.78 Å². The smallest absolute Gasteiger partial charge is 0.165 e. The molecule has 0 N–H and O–H groups in total. The Labute approximate surface area is 29.8 Å². The highest BCUT2D eigenvalue weighted by atomic mass is 19.2. The monoisotopic (exact) mass is 78.0 g/mol. The van der Waals surface area contributed by atoms with Crippen LogP contribution in [0.15, 0.2) is 0 Å². The second-order valence-electron chi connectivity index (χ2n) is 0.642. The van der Waals surface area contributed by atoms with Crippen molar-refractivity contribution < 1.29 is 8.78 Å². The van der Waals surface area contributed by atoms with Gasteiger partial charge in [-0.1, -0.05) is 0 Å². The second-order valence-corrected chi connectivity index (χ2v) is 0.642. The summed E-state index contributed by atoms with van der Waals surface area (Å²) in [6.07, 6.45) is -1.66. The fourth-order valence-corrected chi connectivity index (χ4v) is 0. The number of hydrogen-bond donors (Lipinski definition) is 0. The van der Waals surface area contributed by atoms with Crippen molar-refractivity contribution in [2.45, 2.75) is 6.17 Å². The predicted octanol–water partition coefficient (Wildman–Crippen LogP) is 1.29. The van der Waals surface area contributed by atoms with E-state index in [1.54, 1.807) is 0 Å². The molecule has 0 aromatic carbocycles. The Morgan fingerprint density at radius 3 is 2.00 bits per heavy atom. The summed E-state index contributed by atoms with van der Waals surface area (Å²) >= 11 is 0. The summed E-state index contributed by atoms with van der Waals surface area (Å²) in [7, 11) is 0. The molecule has 0 amide bonds. The van der Waals surface area contributed by atoms with Crippen LogP contribution in [0.25, 0.3) is 0 Å². The van der Waals surface area contributed by atoms with E-state index in [-0.39, 0.29) is 6.67 Å². The summed E-state index contributed by atoms with van der Waals surface area (Å²) in [5, 5.41) is 0. The van der Waals surface area contributed by atoms with E-state index >= 15 is 0 Å². The SMILES string of the molecule is [CH2]C(F)[CH]F. The van der Waals surface area contributed by atoms with Crippen molar-refractivity contribution in [2.24, 2.45) is 0 Å². The molecule has 5 heavy (non-hydrogen) atoms. The van der Waals surface area contributed by atoms with Gasteiger partial charge in [-0.05, 0) is 6.92 Å². The first-order chi connectivity index (χ1) is 2.27. The number of hydrogen-bond acceptors (Lipinski definition) is 0. The molecule has 0 aliphatic rings. The summed E-state index contributed by atoms with van der Waals surface area (Å²) in [4.78, 5) is 0. The molecule has 0 nitrogen and oxygen atoms in total. The lowest BCUT2D eigenvalue weighted by Gasteiger charge is -1.81. The molecule has 0 fully saturated rings. The molecule has 2 heteroatoms. The molecule has 0 spiro atoms. The Balaban J connectivity index is 2.54. The van der Waals surface area contributed by atoms with Crippen molar-refractivity contribution in [3.05, 3.63) is 13.6 Å². The third-order valence-corrected chi connectivity index (χ3v) is 0.137. The molecule has 0 aromatic heterocycles. The van der Waals surface area contributed by atoms with Crippen molar-refractivity contribution in [3.8, 4) is 0 Å². The predicted molar refractivity (Wildman–Crippen MR) is 15.7 cm³/mol. The molecule has 0 aromatic rings. The molecule has 2 radical (unpaired) electrons. The normalized spacial score (nSPS) is 15.0. The van der Waals surface area contributed by atoms with Gasteiger partial charge in [0.05, 0.1) is 0 Å². The maximum Gasteiger partial charge on any atom is 0.165 e. The summed E-state index contributed by atoms with van der Waals surface area (Å²) in [6.45, 7) is 2.55. The van der Waals surface area contributed by atoms with Gasteiger partial charge in [0.25, 0.3) is 0 Å². The second kappa shape index (κ2) is 2.12. The lowest BCUT2D eigenvalue weighted by Crippen LogP contribution is -1.84. The molecule has 30 valence electrons. The van der Waals surface area contributed by atoms with Gasteiger partial charge in [0, 0.05) is 0 Å². The maximum atomic E-state index is 10.9. The van der Waals surface area contributed by atoms with Crippen LogP contribution in [0, 0.1) is 13.6 Å². The Morgan fingerprint density at radius 1 is 1.80 bits per heavy atom. The molecule has 0 aliphatic heterocycles. The average Bonchev–Trinajstić information content (AvgIpc) is 1.38. The van der Waals surface area contributed by atoms with Crippen molar-refractivity contribution in [2.75, 3.05) is 0 Å². The maximum absolute atomic E-state index is 10.9. The van der Waals surface area contributed by atoms with Gasteiger partial charge >= 0.3 is 0 Å². The van der Waals surface area contributed by atoms with Crippen LogP contribution >= 0.6 is 0 Å². The summed E-state index contributed by atoms with van der Waals surface area (Å²) in [5.74, 6) is 0. The molecule has 0 saturated heterocycles. The Bertz CT molecular complexity index is 18.9. The zero-order chi connectivity index (χ0) is 4.28. The first kappa shape index (κ1) is 4.86. The quantitative estimate of drug-likeness (QED) is 0.443. The largest absolute Gasteiger partial charge is 0.244 e. The van der Waals surface area contributed by atoms with E-state index < -0.39 is 6.17 Å². The Kier molecular flexibility index (Phi) is 2.06. The van der Waals surface area contributed by atoms with Crippen LogP contribution in [-0.4, -0.2) is 6.17 Å². The summed E-state index contributed by atoms with van der Waals surface area (Å²) < 4.78 is 21.4. The topological polar surface area (TPSA) is 0 Å². The minimum atomic E-state index is -1.66. The Hall–Kier alpha value is -0.140. The third-order valence-electron chi connectivity index (χ3n) is 0.137. The highest BCUT2D eigenvalue weighted by molar-refractivity contribution is 4.64. The minimum Gasteiger partial charge on any atom is -0.244 e. The standard InChI is InChI=1S/C3H4F2/c1-3(5)2-4/h2-3H,1H2. The minimum absolute atomic E-state index is 0.111. The molecular formula is C3H4F2. The van der Waals surface area contributed by atoms with Crippen LogP contribution in [0.5, 0.6) is 0 Å². The summed E-state index contributed by atoms with van der Waals surface area (Å²) in [5.41, 5.74) is 0. The first-order valence-electron chi connectivity index (χ1n) is 1.18. The van der Waals surface area contributed by atoms with E-state index in [4.69, 9.17) is 0 Å². The van der Waals surface area contributed by atoms with E-state index in [1.807, 2.05) is 0 Å². The van der Waals surface area contributed by atoms with Gasteiger partial charge in [0.15, 0.2) is 6.67 Å². The molecule has 0 saturated carbocycles. The van der Waals surface area contributed by atoms with Crippen molar-refractivity contribution >= 4 is 0 Å². The van der Waals surface area contributed by atoms with E-state index in [0.717, 1.165) is 0 Å². The van der Waals surface area contributed by atoms with Crippen LogP contribution < -0.4 is 0 Å². The van der Waals surface area contributed by atoms with Crippen molar-refractivity contribution in [1.29, 1.82) is 0 Å². The van der Waals surface area contributed by atoms with Gasteiger partial charge in [-0.15, -0.1) is 0 Å². The highest BCUT2D eigenvalue weighted by Crippen LogP contribution is 1.90. The Morgan fingerprint density at radius 2 is 2.00 bits per heavy atom. The third kappa shape index (κ3) is 3.86. The molecule has 1 unspecified atom stereocenters. The van der Waals surface area contributed by atoms with Crippen LogP contribution in [0.1, 0.15) is 0 Å². The molecule has 0 rings (SSSR count). The molecule has 0 heterocycles. The molecule has 1 atom stereocenters. The van der Waals surface area contributed by atoms with E-state index in [1.165, 1.54) is 0 Å². The van der Waals surface area contributed by atoms with Gasteiger partial charge in [-0.2, -0.15) is 0 Å². The molecule has 0 aliphatic carbocycles. The van der Waals surface area contributed by atoms with Gasteiger partial charge < -0.3 is 0 Å². The highest BCUT2D eigenvalue weighted by Gasteiger charge is 1.91. The lowest BCUT2D eigenvalue weighted by atomic mass is 10.5. The lowest BCUT2D eigenvalue weighted by molar-refractivity contribution is 0.370. The van der Waals surface area contributed by atoms with E-state index in [2.05, 4.69) is 6.92 Å². The van der Waals surface area contributed by atoms with Gasteiger partial charge in [-0.3, -0.25) is 0 Å². The van der Waals surface area contributed by atoms with E-state index in [0.29, 0.717) is 0 Å². The fourth-order valence-electron chi connectivity index (χ4n) is 0. The van der Waals surface area contributed by atoms with Crippen LogP contribution in [-0.2, 0) is 0 Å².